The van der Waals surface area contributed by atoms with Crippen LogP contribution in [0.25, 0.3) is 0 Å². The van der Waals surface area contributed by atoms with Crippen molar-refractivity contribution in [1.82, 2.24) is 4.98 Å². The van der Waals surface area contributed by atoms with Gasteiger partial charge in [0.15, 0.2) is 0 Å². The van der Waals surface area contributed by atoms with Crippen molar-refractivity contribution in [2.24, 2.45) is 0 Å². The lowest BCUT2D eigenvalue weighted by molar-refractivity contribution is 1.13. The molecule has 0 aliphatic heterocycles. The Morgan fingerprint density at radius 3 is 2.71 bits per heavy atom. The zero-order valence-electron chi connectivity index (χ0n) is 10.00. The standard InChI is InChI=1S/C14H15ClN2/c1-3-11-6-4-5-10(2)14(11)17-13-8-7-12(15)9-16-13/h4-9H,3H2,1-2H3,(H,16,17). The third kappa shape index (κ3) is 2.77. The number of hydrogen-bond donors (Lipinski definition) is 1. The van der Waals surface area contributed by atoms with E-state index in [9.17, 15) is 0 Å². The van der Waals surface area contributed by atoms with E-state index in [0.717, 1.165) is 17.9 Å². The zero-order chi connectivity index (χ0) is 12.3. The Kier molecular flexibility index (Phi) is 3.64. The second-order valence-electron chi connectivity index (χ2n) is 3.95. The number of aryl methyl sites for hydroxylation is 2. The van der Waals surface area contributed by atoms with Gasteiger partial charge in [-0.2, -0.15) is 0 Å². The van der Waals surface area contributed by atoms with Gasteiger partial charge in [0.2, 0.25) is 0 Å². The third-order valence-corrected chi connectivity index (χ3v) is 2.94. The molecule has 1 heterocycles. The fourth-order valence-corrected chi connectivity index (χ4v) is 1.89. The Balaban J connectivity index is 2.32. The van der Waals surface area contributed by atoms with Crippen LogP contribution in [0.4, 0.5) is 11.5 Å². The number of pyridine rings is 1. The maximum absolute atomic E-state index is 5.81. The predicted molar refractivity (Wildman–Crippen MR) is 73.1 cm³/mol. The lowest BCUT2D eigenvalue weighted by Gasteiger charge is -2.13. The maximum Gasteiger partial charge on any atom is 0.130 e. The fraction of sp³-hybridized carbons (Fsp3) is 0.214. The molecule has 0 amide bonds. The van der Waals surface area contributed by atoms with E-state index in [1.807, 2.05) is 12.1 Å². The van der Waals surface area contributed by atoms with E-state index >= 15 is 0 Å². The highest BCUT2D eigenvalue weighted by atomic mass is 35.5. The van der Waals surface area contributed by atoms with Crippen LogP contribution in [0.1, 0.15) is 18.1 Å². The summed E-state index contributed by atoms with van der Waals surface area (Å²) < 4.78 is 0. The minimum absolute atomic E-state index is 0.649. The second kappa shape index (κ2) is 5.19. The topological polar surface area (TPSA) is 24.9 Å². The molecule has 0 saturated carbocycles. The van der Waals surface area contributed by atoms with E-state index in [-0.39, 0.29) is 0 Å². The molecule has 0 unspecified atom stereocenters. The van der Waals surface area contributed by atoms with Gasteiger partial charge >= 0.3 is 0 Å². The molecule has 88 valence electrons. The van der Waals surface area contributed by atoms with Gasteiger partial charge in [-0.25, -0.2) is 4.98 Å². The second-order valence-corrected chi connectivity index (χ2v) is 4.39. The van der Waals surface area contributed by atoms with Crippen molar-refractivity contribution in [3.05, 3.63) is 52.7 Å². The van der Waals surface area contributed by atoms with Crippen LogP contribution in [-0.2, 0) is 6.42 Å². The number of hydrogen-bond acceptors (Lipinski definition) is 2. The minimum Gasteiger partial charge on any atom is -0.340 e. The lowest BCUT2D eigenvalue weighted by atomic mass is 10.1. The molecular formula is C14H15ClN2. The molecule has 0 bridgehead atoms. The highest BCUT2D eigenvalue weighted by Gasteiger charge is 2.04. The molecule has 2 nitrogen and oxygen atoms in total. The summed E-state index contributed by atoms with van der Waals surface area (Å²) in [4.78, 5) is 4.25. The molecule has 0 spiro atoms. The van der Waals surface area contributed by atoms with Gasteiger partial charge in [0.05, 0.1) is 5.02 Å². The van der Waals surface area contributed by atoms with E-state index in [1.54, 1.807) is 6.20 Å². The molecule has 17 heavy (non-hydrogen) atoms. The van der Waals surface area contributed by atoms with Gasteiger partial charge in [-0.1, -0.05) is 36.7 Å². The van der Waals surface area contributed by atoms with Crippen LogP contribution in [0.2, 0.25) is 5.02 Å². The molecule has 0 aliphatic rings. The van der Waals surface area contributed by atoms with Crippen LogP contribution in [0, 0.1) is 6.92 Å². The Bertz CT molecular complexity index is 506. The Morgan fingerprint density at radius 1 is 1.24 bits per heavy atom. The van der Waals surface area contributed by atoms with E-state index in [4.69, 9.17) is 11.6 Å². The molecule has 3 heteroatoms. The molecule has 0 atom stereocenters. The molecule has 2 rings (SSSR count). The highest BCUT2D eigenvalue weighted by molar-refractivity contribution is 6.30. The van der Waals surface area contributed by atoms with E-state index in [2.05, 4.69) is 42.3 Å². The average Bonchev–Trinajstić information content (AvgIpc) is 2.34. The number of nitrogens with one attached hydrogen (secondary N) is 1. The van der Waals surface area contributed by atoms with Gasteiger partial charge in [-0.3, -0.25) is 0 Å². The average molecular weight is 247 g/mol. The Labute approximate surface area is 107 Å². The van der Waals surface area contributed by atoms with E-state index in [0.29, 0.717) is 5.02 Å². The highest BCUT2D eigenvalue weighted by Crippen LogP contribution is 2.24. The number of halogens is 1. The zero-order valence-corrected chi connectivity index (χ0v) is 10.8. The molecule has 0 radical (unpaired) electrons. The van der Waals surface area contributed by atoms with Gasteiger partial charge in [0, 0.05) is 11.9 Å². The molecule has 0 aliphatic carbocycles. The van der Waals surface area contributed by atoms with Crippen molar-refractivity contribution in [2.75, 3.05) is 5.32 Å². The van der Waals surface area contributed by atoms with Crippen molar-refractivity contribution in [3.63, 3.8) is 0 Å². The first-order valence-corrected chi connectivity index (χ1v) is 6.05. The molecule has 1 aromatic heterocycles. The minimum atomic E-state index is 0.649. The van der Waals surface area contributed by atoms with Crippen molar-refractivity contribution >= 4 is 23.1 Å². The summed E-state index contributed by atoms with van der Waals surface area (Å²) in [5.41, 5.74) is 3.66. The quantitative estimate of drug-likeness (QED) is 0.871. The first kappa shape index (κ1) is 11.9. The summed E-state index contributed by atoms with van der Waals surface area (Å²) in [6.45, 7) is 4.24. The number of nitrogens with zero attached hydrogens (tertiary/aromatic N) is 1. The number of para-hydroxylation sites is 1. The predicted octanol–water partition coefficient (Wildman–Crippen LogP) is 4.35. The summed E-state index contributed by atoms with van der Waals surface area (Å²) in [5.74, 6) is 0.818. The molecule has 1 N–H and O–H groups in total. The maximum atomic E-state index is 5.81. The third-order valence-electron chi connectivity index (χ3n) is 2.72. The smallest absolute Gasteiger partial charge is 0.130 e. The summed E-state index contributed by atoms with van der Waals surface area (Å²) in [5, 5.41) is 4.00. The van der Waals surface area contributed by atoms with Gasteiger partial charge in [0.1, 0.15) is 5.82 Å². The normalized spacial score (nSPS) is 10.3. The van der Waals surface area contributed by atoms with Crippen molar-refractivity contribution in [3.8, 4) is 0 Å². The van der Waals surface area contributed by atoms with Crippen LogP contribution < -0.4 is 5.32 Å². The molecule has 0 saturated heterocycles. The first-order chi connectivity index (χ1) is 8.20. The van der Waals surface area contributed by atoms with Gasteiger partial charge in [0.25, 0.3) is 0 Å². The van der Waals surface area contributed by atoms with Crippen LogP contribution >= 0.6 is 11.6 Å². The number of anilines is 2. The molecule has 2 aromatic rings. The fourth-order valence-electron chi connectivity index (χ4n) is 1.78. The van der Waals surface area contributed by atoms with Gasteiger partial charge in [-0.05, 0) is 36.6 Å². The Hall–Kier alpha value is -1.54. The van der Waals surface area contributed by atoms with E-state index in [1.165, 1.54) is 11.1 Å². The summed E-state index contributed by atoms with van der Waals surface area (Å²) in [6.07, 6.45) is 2.64. The molecule has 1 aromatic carbocycles. The molecule has 0 fully saturated rings. The number of benzene rings is 1. The summed E-state index contributed by atoms with van der Waals surface area (Å²) in [7, 11) is 0. The summed E-state index contributed by atoms with van der Waals surface area (Å²) >= 11 is 5.81. The largest absolute Gasteiger partial charge is 0.340 e. The van der Waals surface area contributed by atoms with Crippen LogP contribution in [0.5, 0.6) is 0 Å². The van der Waals surface area contributed by atoms with Crippen molar-refractivity contribution in [2.45, 2.75) is 20.3 Å². The number of aromatic nitrogens is 1. The SMILES string of the molecule is CCc1cccc(C)c1Nc1ccc(Cl)cn1. The van der Waals surface area contributed by atoms with Gasteiger partial charge in [-0.15, -0.1) is 0 Å². The van der Waals surface area contributed by atoms with Crippen LogP contribution in [0.15, 0.2) is 36.5 Å². The lowest BCUT2D eigenvalue weighted by Crippen LogP contribution is -1.99. The summed E-state index contributed by atoms with van der Waals surface area (Å²) in [6, 6.07) is 10.0. The van der Waals surface area contributed by atoms with Gasteiger partial charge < -0.3 is 5.32 Å². The van der Waals surface area contributed by atoms with Crippen LogP contribution in [0.3, 0.4) is 0 Å². The monoisotopic (exact) mass is 246 g/mol. The Morgan fingerprint density at radius 2 is 2.06 bits per heavy atom. The van der Waals surface area contributed by atoms with Crippen molar-refractivity contribution < 1.29 is 0 Å². The number of rotatable bonds is 3. The van der Waals surface area contributed by atoms with E-state index < -0.39 is 0 Å². The van der Waals surface area contributed by atoms with Crippen LogP contribution in [-0.4, -0.2) is 4.98 Å². The van der Waals surface area contributed by atoms with Crippen molar-refractivity contribution in [1.29, 1.82) is 0 Å². The first-order valence-electron chi connectivity index (χ1n) is 5.67. The molecular weight excluding hydrogens is 232 g/mol.